The molecule has 9 nitrogen and oxygen atoms in total. The maximum absolute atomic E-state index is 11.7. The summed E-state index contributed by atoms with van der Waals surface area (Å²) < 4.78 is 5.99. The SMILES string of the molecule is CC#CC1(O)[C@@H](O)[C@@H](CO)O[C@H]1n1ncc(N)nc1=O. The predicted octanol–water partition coefficient (Wildman–Crippen LogP) is -2.77. The smallest absolute Gasteiger partial charge is 0.368 e. The Balaban J connectivity index is 2.52. The van der Waals surface area contributed by atoms with Crippen LogP contribution in [0, 0.1) is 11.8 Å². The number of hydrogen-bond acceptors (Lipinski definition) is 8. The van der Waals surface area contributed by atoms with E-state index in [9.17, 15) is 15.0 Å². The maximum Gasteiger partial charge on any atom is 0.368 e. The molecule has 20 heavy (non-hydrogen) atoms. The van der Waals surface area contributed by atoms with E-state index < -0.39 is 36.3 Å². The number of rotatable bonds is 2. The molecule has 0 amide bonds. The Kier molecular flexibility index (Phi) is 3.74. The van der Waals surface area contributed by atoms with Crippen LogP contribution in [0.15, 0.2) is 11.0 Å². The largest absolute Gasteiger partial charge is 0.394 e. The van der Waals surface area contributed by atoms with Gasteiger partial charge in [0.1, 0.15) is 18.0 Å². The van der Waals surface area contributed by atoms with Crippen LogP contribution in [-0.2, 0) is 4.74 Å². The molecule has 2 rings (SSSR count). The van der Waals surface area contributed by atoms with Gasteiger partial charge in [-0.1, -0.05) is 5.92 Å². The summed E-state index contributed by atoms with van der Waals surface area (Å²) >= 11 is 0. The summed E-state index contributed by atoms with van der Waals surface area (Å²) in [6.07, 6.45) is -2.90. The zero-order valence-corrected chi connectivity index (χ0v) is 10.6. The minimum Gasteiger partial charge on any atom is -0.394 e. The van der Waals surface area contributed by atoms with Crippen molar-refractivity contribution in [3.05, 3.63) is 16.7 Å². The molecule has 1 aliphatic heterocycles. The minimum absolute atomic E-state index is 0.0892. The highest BCUT2D eigenvalue weighted by molar-refractivity contribution is 5.23. The van der Waals surface area contributed by atoms with Crippen molar-refractivity contribution in [1.82, 2.24) is 14.8 Å². The summed E-state index contributed by atoms with van der Waals surface area (Å²) in [7, 11) is 0. The topological polar surface area (TPSA) is 144 Å². The number of aliphatic hydroxyl groups is 3. The first-order chi connectivity index (χ1) is 9.43. The number of ether oxygens (including phenoxy) is 1. The zero-order valence-electron chi connectivity index (χ0n) is 10.6. The van der Waals surface area contributed by atoms with Crippen LogP contribution in [0.1, 0.15) is 13.2 Å². The second-order valence-electron chi connectivity index (χ2n) is 4.26. The van der Waals surface area contributed by atoms with Gasteiger partial charge in [-0.05, 0) is 6.92 Å². The lowest BCUT2D eigenvalue weighted by atomic mass is 9.95. The van der Waals surface area contributed by atoms with Gasteiger partial charge in [0.25, 0.3) is 0 Å². The Morgan fingerprint density at radius 1 is 1.65 bits per heavy atom. The lowest BCUT2D eigenvalue weighted by molar-refractivity contribution is -0.0836. The number of aliphatic hydroxyl groups excluding tert-OH is 2. The fraction of sp³-hybridized carbons (Fsp3) is 0.545. The van der Waals surface area contributed by atoms with Crippen molar-refractivity contribution in [3.63, 3.8) is 0 Å². The van der Waals surface area contributed by atoms with Crippen LogP contribution in [-0.4, -0.2) is 54.5 Å². The Labute approximate surface area is 113 Å². The molecule has 108 valence electrons. The standard InChI is InChI=1S/C11H14N4O5/c1-2-3-11(19)8(17)6(5-16)20-9(11)15-10(18)14-7(12)4-13-15/h4,6,8-9,16-17,19H,5H2,1H3,(H2,12,14,18)/t6-,8+,9-,11?/m1/s1. The van der Waals surface area contributed by atoms with Gasteiger partial charge < -0.3 is 25.8 Å². The molecule has 0 radical (unpaired) electrons. The van der Waals surface area contributed by atoms with Crippen molar-refractivity contribution < 1.29 is 20.1 Å². The van der Waals surface area contributed by atoms with Gasteiger partial charge in [-0.2, -0.15) is 14.8 Å². The van der Waals surface area contributed by atoms with Gasteiger partial charge in [-0.25, -0.2) is 4.79 Å². The van der Waals surface area contributed by atoms with E-state index in [2.05, 4.69) is 21.9 Å². The molecule has 1 aromatic heterocycles. The Morgan fingerprint density at radius 3 is 2.90 bits per heavy atom. The maximum atomic E-state index is 11.7. The van der Waals surface area contributed by atoms with Crippen LogP contribution < -0.4 is 11.4 Å². The second kappa shape index (κ2) is 5.18. The Morgan fingerprint density at radius 2 is 2.35 bits per heavy atom. The van der Waals surface area contributed by atoms with Crippen LogP contribution >= 0.6 is 0 Å². The fourth-order valence-corrected chi connectivity index (χ4v) is 2.02. The lowest BCUT2D eigenvalue weighted by Gasteiger charge is -2.25. The highest BCUT2D eigenvalue weighted by atomic mass is 16.6. The molecule has 1 aliphatic rings. The third kappa shape index (κ3) is 2.14. The molecule has 4 atom stereocenters. The highest BCUT2D eigenvalue weighted by Crippen LogP contribution is 2.36. The van der Waals surface area contributed by atoms with E-state index in [0.29, 0.717) is 0 Å². The van der Waals surface area contributed by atoms with Crippen molar-refractivity contribution in [1.29, 1.82) is 0 Å². The van der Waals surface area contributed by atoms with Gasteiger partial charge in [0, 0.05) is 0 Å². The second-order valence-corrected chi connectivity index (χ2v) is 4.26. The van der Waals surface area contributed by atoms with E-state index >= 15 is 0 Å². The van der Waals surface area contributed by atoms with Gasteiger partial charge in [0.05, 0.1) is 12.8 Å². The van der Waals surface area contributed by atoms with E-state index in [0.717, 1.165) is 10.9 Å². The van der Waals surface area contributed by atoms with E-state index in [1.165, 1.54) is 6.92 Å². The van der Waals surface area contributed by atoms with Crippen molar-refractivity contribution in [2.45, 2.75) is 31.0 Å². The van der Waals surface area contributed by atoms with Crippen LogP contribution in [0.25, 0.3) is 0 Å². The van der Waals surface area contributed by atoms with Crippen LogP contribution in [0.3, 0.4) is 0 Å². The molecule has 2 heterocycles. The van der Waals surface area contributed by atoms with Gasteiger partial charge in [0.15, 0.2) is 6.23 Å². The van der Waals surface area contributed by atoms with Crippen LogP contribution in [0.2, 0.25) is 0 Å². The molecule has 0 aliphatic carbocycles. The molecule has 9 heteroatoms. The molecular weight excluding hydrogens is 268 g/mol. The molecular formula is C11H14N4O5. The molecule has 0 aromatic carbocycles. The third-order valence-electron chi connectivity index (χ3n) is 2.95. The van der Waals surface area contributed by atoms with E-state index in [4.69, 9.17) is 15.6 Å². The number of aromatic nitrogens is 3. The highest BCUT2D eigenvalue weighted by Gasteiger charge is 2.56. The molecule has 1 aromatic rings. The third-order valence-corrected chi connectivity index (χ3v) is 2.95. The average Bonchev–Trinajstić information content (AvgIpc) is 2.63. The monoisotopic (exact) mass is 282 g/mol. The summed E-state index contributed by atoms with van der Waals surface area (Å²) in [6, 6.07) is 0. The van der Waals surface area contributed by atoms with E-state index in [-0.39, 0.29) is 5.82 Å². The van der Waals surface area contributed by atoms with Gasteiger partial charge in [-0.15, -0.1) is 5.92 Å². The average molecular weight is 282 g/mol. The van der Waals surface area contributed by atoms with Crippen molar-refractivity contribution in [2.24, 2.45) is 0 Å². The van der Waals surface area contributed by atoms with Crippen LogP contribution in [0.4, 0.5) is 5.82 Å². The normalized spacial score (nSPS) is 32.7. The van der Waals surface area contributed by atoms with Gasteiger partial charge >= 0.3 is 5.69 Å². The number of anilines is 1. The first-order valence-corrected chi connectivity index (χ1v) is 5.76. The number of nitrogens with zero attached hydrogens (tertiary/aromatic N) is 3. The van der Waals surface area contributed by atoms with E-state index in [1.807, 2.05) is 0 Å². The Bertz CT molecular complexity index is 621. The number of hydrogen-bond donors (Lipinski definition) is 4. The van der Waals surface area contributed by atoms with Crippen molar-refractivity contribution in [2.75, 3.05) is 12.3 Å². The summed E-state index contributed by atoms with van der Waals surface area (Å²) in [6.45, 7) is 0.897. The number of nitrogen functional groups attached to an aromatic ring is 1. The quantitative estimate of drug-likeness (QED) is 0.427. The van der Waals surface area contributed by atoms with Gasteiger partial charge in [0.2, 0.25) is 5.60 Å². The fourth-order valence-electron chi connectivity index (χ4n) is 2.02. The summed E-state index contributed by atoms with van der Waals surface area (Å²) in [5.41, 5.74) is 2.38. The summed E-state index contributed by atoms with van der Waals surface area (Å²) in [5.74, 6) is 4.74. The zero-order chi connectivity index (χ0) is 14.9. The van der Waals surface area contributed by atoms with Crippen LogP contribution in [0.5, 0.6) is 0 Å². The summed E-state index contributed by atoms with van der Waals surface area (Å²) in [4.78, 5) is 15.2. The molecule has 1 unspecified atom stereocenters. The van der Waals surface area contributed by atoms with Gasteiger partial charge in [-0.3, -0.25) is 0 Å². The number of nitrogens with two attached hydrogens (primary N) is 1. The molecule has 0 saturated carbocycles. The lowest BCUT2D eigenvalue weighted by Crippen LogP contribution is -2.48. The molecule has 1 fully saturated rings. The Hall–Kier alpha value is -1.99. The predicted molar refractivity (Wildman–Crippen MR) is 66.1 cm³/mol. The molecule has 5 N–H and O–H groups in total. The molecule has 0 spiro atoms. The summed E-state index contributed by atoms with van der Waals surface area (Å²) in [5, 5.41) is 33.3. The van der Waals surface area contributed by atoms with E-state index in [1.54, 1.807) is 0 Å². The minimum atomic E-state index is -2.09. The molecule has 1 saturated heterocycles. The molecule has 0 bridgehead atoms. The first kappa shape index (κ1) is 14.4. The van der Waals surface area contributed by atoms with Crippen molar-refractivity contribution in [3.8, 4) is 11.8 Å². The van der Waals surface area contributed by atoms with Crippen molar-refractivity contribution >= 4 is 5.82 Å². The first-order valence-electron chi connectivity index (χ1n) is 5.76.